The number of amides is 2. The van der Waals surface area contributed by atoms with Crippen molar-refractivity contribution in [2.45, 2.75) is 11.8 Å². The van der Waals surface area contributed by atoms with Crippen LogP contribution in [0.25, 0.3) is 0 Å². The second kappa shape index (κ2) is 7.29. The number of anilines is 1. The number of rotatable bonds is 3. The fraction of sp³-hybridized carbons (Fsp3) is 0.467. The minimum Gasteiger partial charge on any atom is -0.482 e. The van der Waals surface area contributed by atoms with E-state index >= 15 is 0 Å². The molecule has 142 valence electrons. The zero-order valence-electron chi connectivity index (χ0n) is 14.0. The van der Waals surface area contributed by atoms with Gasteiger partial charge in [0.05, 0.1) is 17.3 Å². The first-order valence-electron chi connectivity index (χ1n) is 8.01. The number of hydrogen-bond acceptors (Lipinski definition) is 6. The molecule has 3 rings (SSSR count). The Morgan fingerprint density at radius 3 is 2.65 bits per heavy atom. The molecule has 1 fully saturated rings. The number of piperazine rings is 1. The molecule has 9 nitrogen and oxygen atoms in total. The molecule has 0 atom stereocenters. The van der Waals surface area contributed by atoms with Gasteiger partial charge in [0.25, 0.3) is 5.91 Å². The molecular weight excluding hydrogens is 386 g/mol. The third-order valence-electron chi connectivity index (χ3n) is 4.05. The first-order chi connectivity index (χ1) is 12.3. The molecule has 11 heteroatoms. The van der Waals surface area contributed by atoms with Crippen LogP contribution in [0.4, 0.5) is 10.5 Å². The lowest BCUT2D eigenvalue weighted by molar-refractivity contribution is -0.118. The molecule has 0 aliphatic carbocycles. The molecule has 0 spiro atoms. The Hall–Kier alpha value is -2.04. The maximum atomic E-state index is 12.9. The molecule has 2 aliphatic heterocycles. The summed E-state index contributed by atoms with van der Waals surface area (Å²) in [6, 6.07) is 2.67. The molecule has 1 aromatic carbocycles. The minimum absolute atomic E-state index is 0.0117. The summed E-state index contributed by atoms with van der Waals surface area (Å²) >= 11 is 6.14. The van der Waals surface area contributed by atoms with Crippen LogP contribution >= 0.6 is 11.6 Å². The summed E-state index contributed by atoms with van der Waals surface area (Å²) in [5, 5.41) is 2.56. The van der Waals surface area contributed by atoms with Crippen molar-refractivity contribution in [3.05, 3.63) is 17.2 Å². The second-order valence-electron chi connectivity index (χ2n) is 5.71. The Bertz CT molecular complexity index is 836. The molecule has 1 N–H and O–H groups in total. The van der Waals surface area contributed by atoms with Gasteiger partial charge in [0, 0.05) is 32.2 Å². The summed E-state index contributed by atoms with van der Waals surface area (Å²) in [5.41, 5.74) is 0.331. The van der Waals surface area contributed by atoms with E-state index in [1.165, 1.54) is 21.3 Å². The van der Waals surface area contributed by atoms with Crippen molar-refractivity contribution in [3.63, 3.8) is 0 Å². The predicted molar refractivity (Wildman–Crippen MR) is 92.9 cm³/mol. The summed E-state index contributed by atoms with van der Waals surface area (Å²) in [5.74, 6) is -0.0861. The second-order valence-corrected chi connectivity index (χ2v) is 8.02. The van der Waals surface area contributed by atoms with Crippen LogP contribution in [0.5, 0.6) is 5.75 Å². The van der Waals surface area contributed by atoms with Gasteiger partial charge in [0.2, 0.25) is 10.0 Å². The molecule has 0 aromatic heterocycles. The predicted octanol–water partition coefficient (Wildman–Crippen LogP) is 1.13. The van der Waals surface area contributed by atoms with E-state index in [0.29, 0.717) is 5.69 Å². The Balaban J connectivity index is 1.79. The highest BCUT2D eigenvalue weighted by atomic mass is 35.5. The molecule has 1 saturated heterocycles. The highest BCUT2D eigenvalue weighted by Crippen LogP contribution is 2.36. The number of nitrogens with zero attached hydrogens (tertiary/aromatic N) is 2. The Morgan fingerprint density at radius 2 is 2.00 bits per heavy atom. The van der Waals surface area contributed by atoms with Gasteiger partial charge in [-0.25, -0.2) is 13.2 Å². The number of benzene rings is 1. The highest BCUT2D eigenvalue weighted by Gasteiger charge is 2.33. The van der Waals surface area contributed by atoms with Gasteiger partial charge in [0.1, 0.15) is 10.6 Å². The van der Waals surface area contributed by atoms with E-state index in [-0.39, 0.29) is 61.0 Å². The summed E-state index contributed by atoms with van der Waals surface area (Å²) in [4.78, 5) is 24.4. The molecule has 0 bridgehead atoms. The van der Waals surface area contributed by atoms with Gasteiger partial charge >= 0.3 is 6.09 Å². The number of ether oxygens (including phenoxy) is 2. The number of nitrogens with one attached hydrogen (secondary N) is 1. The van der Waals surface area contributed by atoms with E-state index in [9.17, 15) is 18.0 Å². The van der Waals surface area contributed by atoms with Crippen molar-refractivity contribution >= 4 is 39.3 Å². The number of halogens is 1. The molecule has 2 aliphatic rings. The lowest BCUT2D eigenvalue weighted by atomic mass is 10.2. The Labute approximate surface area is 155 Å². The van der Waals surface area contributed by atoms with Crippen LogP contribution in [0.3, 0.4) is 0 Å². The molecule has 2 amide bonds. The highest BCUT2D eigenvalue weighted by molar-refractivity contribution is 7.89. The lowest BCUT2D eigenvalue weighted by Crippen LogP contribution is -2.50. The van der Waals surface area contributed by atoms with Gasteiger partial charge in [-0.15, -0.1) is 0 Å². The molecule has 0 radical (unpaired) electrons. The average molecular weight is 404 g/mol. The van der Waals surface area contributed by atoms with Crippen molar-refractivity contribution in [3.8, 4) is 5.75 Å². The molecule has 1 aromatic rings. The number of sulfonamides is 1. The summed E-state index contributed by atoms with van der Waals surface area (Å²) in [7, 11) is -3.87. The largest absolute Gasteiger partial charge is 0.482 e. The SMILES string of the molecule is CCOC(=O)N1CCN(S(=O)(=O)c2cc3c(cc2Cl)NC(=O)CO3)CC1. The third kappa shape index (κ3) is 3.57. The minimum atomic E-state index is -3.87. The number of hydrogen-bond donors (Lipinski definition) is 1. The van der Waals surface area contributed by atoms with Crippen LogP contribution in [0.15, 0.2) is 17.0 Å². The van der Waals surface area contributed by atoms with Crippen molar-refractivity contribution in [2.75, 3.05) is 44.7 Å². The van der Waals surface area contributed by atoms with E-state index < -0.39 is 16.1 Å². The van der Waals surface area contributed by atoms with Gasteiger partial charge in [-0.2, -0.15) is 4.31 Å². The molecule has 2 heterocycles. The van der Waals surface area contributed by atoms with E-state index in [1.54, 1.807) is 6.92 Å². The number of fused-ring (bicyclic) bond motifs is 1. The topological polar surface area (TPSA) is 105 Å². The van der Waals surface area contributed by atoms with Gasteiger partial charge < -0.3 is 19.7 Å². The molecule has 26 heavy (non-hydrogen) atoms. The zero-order valence-corrected chi connectivity index (χ0v) is 15.6. The van der Waals surface area contributed by atoms with Crippen LogP contribution in [-0.4, -0.2) is 69.0 Å². The fourth-order valence-electron chi connectivity index (χ4n) is 2.74. The Kier molecular flexibility index (Phi) is 5.26. The van der Waals surface area contributed by atoms with Crippen molar-refractivity contribution in [2.24, 2.45) is 0 Å². The van der Waals surface area contributed by atoms with Crippen molar-refractivity contribution in [1.82, 2.24) is 9.21 Å². The quantitative estimate of drug-likeness (QED) is 0.811. The van der Waals surface area contributed by atoms with Crippen molar-refractivity contribution < 1.29 is 27.5 Å². The standard InChI is InChI=1S/C15H18ClN3O6S/c1-2-24-15(21)18-3-5-19(6-4-18)26(22,23)13-8-12-11(7-10(13)16)17-14(20)9-25-12/h7-8H,2-6,9H2,1H3,(H,17,20). The summed E-state index contributed by atoms with van der Waals surface area (Å²) < 4.78 is 37.3. The molecular formula is C15H18ClN3O6S. The summed E-state index contributed by atoms with van der Waals surface area (Å²) in [6.07, 6.45) is -0.458. The van der Waals surface area contributed by atoms with Gasteiger partial charge in [0.15, 0.2) is 6.61 Å². The fourth-order valence-corrected chi connectivity index (χ4v) is 4.68. The third-order valence-corrected chi connectivity index (χ3v) is 6.41. The van der Waals surface area contributed by atoms with Gasteiger partial charge in [-0.1, -0.05) is 11.6 Å². The van der Waals surface area contributed by atoms with E-state index in [1.807, 2.05) is 0 Å². The van der Waals surface area contributed by atoms with Crippen LogP contribution in [0.2, 0.25) is 5.02 Å². The molecule has 0 unspecified atom stereocenters. The maximum absolute atomic E-state index is 12.9. The van der Waals surface area contributed by atoms with E-state index in [4.69, 9.17) is 21.1 Å². The van der Waals surface area contributed by atoms with E-state index in [0.717, 1.165) is 0 Å². The van der Waals surface area contributed by atoms with Crippen LogP contribution in [0, 0.1) is 0 Å². The Morgan fingerprint density at radius 1 is 1.31 bits per heavy atom. The average Bonchev–Trinajstić information content (AvgIpc) is 2.61. The normalized spacial score (nSPS) is 17.9. The molecule has 0 saturated carbocycles. The number of carbonyl (C=O) groups excluding carboxylic acids is 2. The van der Waals surface area contributed by atoms with Crippen molar-refractivity contribution in [1.29, 1.82) is 0 Å². The smallest absolute Gasteiger partial charge is 0.409 e. The maximum Gasteiger partial charge on any atom is 0.409 e. The van der Waals surface area contributed by atoms with E-state index in [2.05, 4.69) is 5.32 Å². The van der Waals surface area contributed by atoms with Gasteiger partial charge in [-0.3, -0.25) is 4.79 Å². The first kappa shape index (κ1) is 18.7. The lowest BCUT2D eigenvalue weighted by Gasteiger charge is -2.33. The zero-order chi connectivity index (χ0) is 18.9. The number of carbonyl (C=O) groups is 2. The van der Waals surface area contributed by atoms with Crippen LogP contribution in [-0.2, 0) is 19.6 Å². The van der Waals surface area contributed by atoms with Crippen LogP contribution in [0.1, 0.15) is 6.92 Å². The monoisotopic (exact) mass is 403 g/mol. The first-order valence-corrected chi connectivity index (χ1v) is 9.82. The van der Waals surface area contributed by atoms with Crippen LogP contribution < -0.4 is 10.1 Å². The van der Waals surface area contributed by atoms with Gasteiger partial charge in [-0.05, 0) is 13.0 Å². The summed E-state index contributed by atoms with van der Waals surface area (Å²) in [6.45, 7) is 2.50.